The molecule has 0 unspecified atom stereocenters. The van der Waals surface area contributed by atoms with E-state index in [-0.39, 0.29) is 9.90 Å². The summed E-state index contributed by atoms with van der Waals surface area (Å²) in [4.78, 5) is 10.9. The van der Waals surface area contributed by atoms with E-state index in [1.165, 1.54) is 18.2 Å². The molecule has 0 bridgehead atoms. The normalized spacial score (nSPS) is 11.2. The van der Waals surface area contributed by atoms with Gasteiger partial charge in [0.05, 0.1) is 4.92 Å². The summed E-state index contributed by atoms with van der Waals surface area (Å²) in [5.41, 5.74) is 1.21. The van der Waals surface area contributed by atoms with E-state index in [0.717, 1.165) is 21.8 Å². The first kappa shape index (κ1) is 16.2. The molecule has 0 amide bonds. The van der Waals surface area contributed by atoms with Crippen molar-refractivity contribution in [3.8, 4) is 10.4 Å². The molecule has 0 aliphatic heterocycles. The number of sulfonamides is 1. The van der Waals surface area contributed by atoms with E-state index in [4.69, 9.17) is 0 Å². The topological polar surface area (TPSA) is 89.3 Å². The minimum Gasteiger partial charge on any atom is -0.279 e. The summed E-state index contributed by atoms with van der Waals surface area (Å²) in [7, 11) is -3.66. The van der Waals surface area contributed by atoms with Crippen LogP contribution in [0.1, 0.15) is 0 Å². The molecule has 8 heteroatoms. The molecule has 3 rings (SSSR count). The van der Waals surface area contributed by atoms with Crippen LogP contribution in [-0.2, 0) is 10.0 Å². The Morgan fingerprint density at radius 1 is 0.917 bits per heavy atom. The van der Waals surface area contributed by atoms with E-state index in [9.17, 15) is 18.5 Å². The van der Waals surface area contributed by atoms with Crippen LogP contribution >= 0.6 is 11.3 Å². The first-order valence-electron chi connectivity index (χ1n) is 6.88. The van der Waals surface area contributed by atoms with Gasteiger partial charge in [-0.05, 0) is 42.0 Å². The maximum absolute atomic E-state index is 12.4. The van der Waals surface area contributed by atoms with Gasteiger partial charge in [-0.15, -0.1) is 11.3 Å². The molecule has 0 saturated heterocycles. The summed E-state index contributed by atoms with van der Waals surface area (Å²) in [6, 6.07) is 17.8. The Morgan fingerprint density at radius 2 is 1.58 bits per heavy atom. The molecule has 1 aromatic heterocycles. The number of para-hydroxylation sites is 1. The third-order valence-electron chi connectivity index (χ3n) is 3.23. The highest BCUT2D eigenvalue weighted by Gasteiger charge is 2.17. The van der Waals surface area contributed by atoms with Gasteiger partial charge in [0.1, 0.15) is 4.21 Å². The molecule has 6 nitrogen and oxygen atoms in total. The van der Waals surface area contributed by atoms with Gasteiger partial charge in [0.25, 0.3) is 15.7 Å². The number of anilines is 1. The number of nitro benzene ring substituents is 1. The minimum absolute atomic E-state index is 0.00565. The van der Waals surface area contributed by atoms with Gasteiger partial charge in [-0.3, -0.25) is 14.8 Å². The molecule has 0 radical (unpaired) electrons. The lowest BCUT2D eigenvalue weighted by atomic mass is 10.2. The van der Waals surface area contributed by atoms with Crippen molar-refractivity contribution in [3.63, 3.8) is 0 Å². The number of rotatable bonds is 5. The van der Waals surface area contributed by atoms with Gasteiger partial charge in [0.2, 0.25) is 0 Å². The Hall–Kier alpha value is -2.71. The second-order valence-electron chi connectivity index (χ2n) is 4.89. The zero-order valence-electron chi connectivity index (χ0n) is 12.2. The van der Waals surface area contributed by atoms with Crippen molar-refractivity contribution in [2.24, 2.45) is 0 Å². The highest BCUT2D eigenvalue weighted by Crippen LogP contribution is 2.32. The SMILES string of the molecule is O=[N+]([O-])c1ccc(-c2ccc(S(=O)(=O)Nc3ccccc3)s2)cc1. The Kier molecular flexibility index (Phi) is 4.32. The van der Waals surface area contributed by atoms with Crippen LogP contribution in [0, 0.1) is 10.1 Å². The maximum Gasteiger partial charge on any atom is 0.271 e. The largest absolute Gasteiger partial charge is 0.279 e. The van der Waals surface area contributed by atoms with Crippen LogP contribution in [0.5, 0.6) is 0 Å². The van der Waals surface area contributed by atoms with Gasteiger partial charge in [0.15, 0.2) is 0 Å². The molecule has 24 heavy (non-hydrogen) atoms. The molecule has 122 valence electrons. The summed E-state index contributed by atoms with van der Waals surface area (Å²) in [6.45, 7) is 0. The zero-order chi connectivity index (χ0) is 17.2. The first-order valence-corrected chi connectivity index (χ1v) is 9.18. The number of benzene rings is 2. The standard InChI is InChI=1S/C16H12N2O4S2/c19-18(20)14-8-6-12(7-9-14)15-10-11-16(23-15)24(21,22)17-13-4-2-1-3-5-13/h1-11,17H. The van der Waals surface area contributed by atoms with Gasteiger partial charge in [-0.1, -0.05) is 18.2 Å². The molecule has 1 N–H and O–H groups in total. The average Bonchev–Trinajstić information content (AvgIpc) is 3.06. The Labute approximate surface area is 142 Å². The minimum atomic E-state index is -3.66. The fraction of sp³-hybridized carbons (Fsp3) is 0. The van der Waals surface area contributed by atoms with Gasteiger partial charge >= 0.3 is 0 Å². The van der Waals surface area contributed by atoms with Crippen LogP contribution in [-0.4, -0.2) is 13.3 Å². The fourth-order valence-electron chi connectivity index (χ4n) is 2.08. The molecule has 0 atom stereocenters. The summed E-state index contributed by atoms with van der Waals surface area (Å²) in [5, 5.41) is 10.7. The van der Waals surface area contributed by atoms with Crippen LogP contribution in [0.25, 0.3) is 10.4 Å². The van der Waals surface area contributed by atoms with Crippen molar-refractivity contribution in [3.05, 3.63) is 76.8 Å². The van der Waals surface area contributed by atoms with E-state index in [1.54, 1.807) is 48.5 Å². The van der Waals surface area contributed by atoms with Crippen LogP contribution in [0.15, 0.2) is 70.9 Å². The summed E-state index contributed by atoms with van der Waals surface area (Å²) in [6.07, 6.45) is 0. The van der Waals surface area contributed by atoms with E-state index < -0.39 is 14.9 Å². The molecule has 0 spiro atoms. The number of nitro groups is 1. The predicted octanol–water partition coefficient (Wildman–Crippen LogP) is 4.12. The van der Waals surface area contributed by atoms with E-state index in [0.29, 0.717) is 5.69 Å². The second-order valence-corrected chi connectivity index (χ2v) is 7.89. The lowest BCUT2D eigenvalue weighted by molar-refractivity contribution is -0.384. The van der Waals surface area contributed by atoms with Crippen molar-refractivity contribution in [2.75, 3.05) is 4.72 Å². The van der Waals surface area contributed by atoms with Gasteiger partial charge in [-0.25, -0.2) is 8.42 Å². The third kappa shape index (κ3) is 3.44. The average molecular weight is 360 g/mol. The first-order chi connectivity index (χ1) is 11.5. The number of nitrogens with one attached hydrogen (secondary N) is 1. The number of hydrogen-bond acceptors (Lipinski definition) is 5. The molecular formula is C16H12N2O4S2. The third-order valence-corrected chi connectivity index (χ3v) is 6.24. The number of thiophene rings is 1. The smallest absolute Gasteiger partial charge is 0.271 e. The van der Waals surface area contributed by atoms with E-state index in [2.05, 4.69) is 4.72 Å². The fourth-order valence-corrected chi connectivity index (χ4v) is 4.45. The summed E-state index contributed by atoms with van der Waals surface area (Å²) in [5.74, 6) is 0. The lowest BCUT2D eigenvalue weighted by Gasteiger charge is -2.05. The van der Waals surface area contributed by atoms with E-state index in [1.807, 2.05) is 0 Å². The molecule has 0 saturated carbocycles. The highest BCUT2D eigenvalue weighted by molar-refractivity contribution is 7.94. The van der Waals surface area contributed by atoms with Crippen LogP contribution < -0.4 is 4.72 Å². The second kappa shape index (κ2) is 6.42. The van der Waals surface area contributed by atoms with Gasteiger partial charge in [-0.2, -0.15) is 0 Å². The maximum atomic E-state index is 12.4. The monoisotopic (exact) mass is 360 g/mol. The molecule has 0 fully saturated rings. The van der Waals surface area contributed by atoms with Crippen LogP contribution in [0.3, 0.4) is 0 Å². The zero-order valence-corrected chi connectivity index (χ0v) is 13.9. The number of hydrogen-bond donors (Lipinski definition) is 1. The predicted molar refractivity (Wildman–Crippen MR) is 93.7 cm³/mol. The van der Waals surface area contributed by atoms with Gasteiger partial charge in [0, 0.05) is 22.7 Å². The summed E-state index contributed by atoms with van der Waals surface area (Å²) < 4.78 is 27.5. The van der Waals surface area contributed by atoms with Crippen molar-refractivity contribution in [2.45, 2.75) is 4.21 Å². The Balaban J connectivity index is 1.85. The lowest BCUT2D eigenvalue weighted by Crippen LogP contribution is -2.11. The number of nitrogens with zero attached hydrogens (tertiary/aromatic N) is 1. The van der Waals surface area contributed by atoms with Crippen LogP contribution in [0.2, 0.25) is 0 Å². The number of non-ortho nitro benzene ring substituents is 1. The summed E-state index contributed by atoms with van der Waals surface area (Å²) >= 11 is 1.11. The molecule has 1 heterocycles. The highest BCUT2D eigenvalue weighted by atomic mass is 32.2. The molecule has 2 aromatic carbocycles. The Morgan fingerprint density at radius 3 is 2.21 bits per heavy atom. The quantitative estimate of drug-likeness (QED) is 0.547. The van der Waals surface area contributed by atoms with Crippen molar-refractivity contribution in [1.29, 1.82) is 0 Å². The molecule has 0 aliphatic carbocycles. The van der Waals surface area contributed by atoms with Crippen molar-refractivity contribution >= 4 is 32.7 Å². The molecule has 0 aliphatic rings. The molecular weight excluding hydrogens is 348 g/mol. The van der Waals surface area contributed by atoms with Crippen molar-refractivity contribution < 1.29 is 13.3 Å². The van der Waals surface area contributed by atoms with E-state index >= 15 is 0 Å². The van der Waals surface area contributed by atoms with Crippen molar-refractivity contribution in [1.82, 2.24) is 0 Å². The molecule has 3 aromatic rings. The Bertz CT molecular complexity index is 965. The van der Waals surface area contributed by atoms with Gasteiger partial charge < -0.3 is 0 Å². The van der Waals surface area contributed by atoms with Crippen LogP contribution in [0.4, 0.5) is 11.4 Å².